The summed E-state index contributed by atoms with van der Waals surface area (Å²) in [6, 6.07) is 7.43. The molecule has 0 unspecified atom stereocenters. The van der Waals surface area contributed by atoms with Gasteiger partial charge in [-0.05, 0) is 52.7 Å². The second kappa shape index (κ2) is 5.86. The number of benzene rings is 1. The fourth-order valence-electron chi connectivity index (χ4n) is 1.67. The predicted molar refractivity (Wildman–Crippen MR) is 87.3 cm³/mol. The van der Waals surface area contributed by atoms with Gasteiger partial charge in [-0.25, -0.2) is 4.98 Å². The van der Waals surface area contributed by atoms with Gasteiger partial charge in [-0.2, -0.15) is 0 Å². The zero-order valence-corrected chi connectivity index (χ0v) is 13.2. The third kappa shape index (κ3) is 3.23. The smallest absolute Gasteiger partial charge is 0.140 e. The van der Waals surface area contributed by atoms with Crippen molar-refractivity contribution in [3.63, 3.8) is 0 Å². The number of halogens is 2. The lowest BCUT2D eigenvalue weighted by molar-refractivity contribution is 1.26. The number of hydrogen-bond donors (Lipinski definition) is 2. The highest BCUT2D eigenvalue weighted by molar-refractivity contribution is 9.10. The van der Waals surface area contributed by atoms with E-state index in [0.717, 1.165) is 21.3 Å². The lowest BCUT2D eigenvalue weighted by atomic mass is 10.1. The Morgan fingerprint density at radius 1 is 1.42 bits per heavy atom. The molecular formula is C13H11BrClN3S. The predicted octanol–water partition coefficient (Wildman–Crippen LogP) is 4.18. The van der Waals surface area contributed by atoms with E-state index >= 15 is 0 Å². The van der Waals surface area contributed by atoms with Crippen LogP contribution in [0.1, 0.15) is 11.1 Å². The van der Waals surface area contributed by atoms with E-state index in [9.17, 15) is 0 Å². The van der Waals surface area contributed by atoms with Crippen molar-refractivity contribution in [2.24, 2.45) is 5.73 Å². The summed E-state index contributed by atoms with van der Waals surface area (Å²) in [4.78, 5) is 4.59. The van der Waals surface area contributed by atoms with Gasteiger partial charge >= 0.3 is 0 Å². The van der Waals surface area contributed by atoms with Gasteiger partial charge < -0.3 is 11.1 Å². The van der Waals surface area contributed by atoms with Gasteiger partial charge in [-0.3, -0.25) is 0 Å². The van der Waals surface area contributed by atoms with E-state index in [0.29, 0.717) is 15.8 Å². The summed E-state index contributed by atoms with van der Waals surface area (Å²) in [5, 5.41) is 3.80. The Kier molecular flexibility index (Phi) is 4.39. The molecule has 2 rings (SSSR count). The van der Waals surface area contributed by atoms with Gasteiger partial charge in [0.15, 0.2) is 0 Å². The van der Waals surface area contributed by atoms with E-state index in [1.807, 2.05) is 25.1 Å². The van der Waals surface area contributed by atoms with E-state index in [4.69, 9.17) is 29.6 Å². The van der Waals surface area contributed by atoms with Gasteiger partial charge in [0.1, 0.15) is 10.8 Å². The minimum atomic E-state index is 0.316. The lowest BCUT2D eigenvalue weighted by Crippen LogP contribution is -2.14. The molecule has 2 aromatic rings. The number of aryl methyl sites for hydroxylation is 1. The number of nitrogens with two attached hydrogens (primary N) is 1. The van der Waals surface area contributed by atoms with Crippen molar-refractivity contribution < 1.29 is 0 Å². The molecule has 0 atom stereocenters. The lowest BCUT2D eigenvalue weighted by Gasteiger charge is -2.12. The van der Waals surface area contributed by atoms with E-state index in [2.05, 4.69) is 26.2 Å². The van der Waals surface area contributed by atoms with E-state index in [-0.39, 0.29) is 0 Å². The second-order valence-corrected chi connectivity index (χ2v) is 5.67. The maximum atomic E-state index is 6.06. The van der Waals surface area contributed by atoms with Gasteiger partial charge in [0.2, 0.25) is 0 Å². The minimum Gasteiger partial charge on any atom is -0.389 e. The topological polar surface area (TPSA) is 50.9 Å². The average molecular weight is 357 g/mol. The number of rotatable bonds is 3. The van der Waals surface area contributed by atoms with E-state index < -0.39 is 0 Å². The zero-order chi connectivity index (χ0) is 14.0. The van der Waals surface area contributed by atoms with Gasteiger partial charge in [0.05, 0.1) is 10.6 Å². The second-order valence-electron chi connectivity index (χ2n) is 3.97. The van der Waals surface area contributed by atoms with Crippen LogP contribution in [-0.2, 0) is 0 Å². The summed E-state index contributed by atoms with van der Waals surface area (Å²) in [5.41, 5.74) is 8.29. The SMILES string of the molecule is Cc1ccnc(Nc2ccc(Br)c(Cl)c2)c1C(N)=S. The summed E-state index contributed by atoms with van der Waals surface area (Å²) in [6.07, 6.45) is 1.71. The highest BCUT2D eigenvalue weighted by atomic mass is 79.9. The zero-order valence-electron chi connectivity index (χ0n) is 10.1. The van der Waals surface area contributed by atoms with Gasteiger partial charge in [-0.15, -0.1) is 0 Å². The molecule has 1 aromatic heterocycles. The molecule has 0 aliphatic rings. The Bertz CT molecular complexity index is 646. The average Bonchev–Trinajstić information content (AvgIpc) is 2.33. The molecule has 0 amide bonds. The maximum Gasteiger partial charge on any atom is 0.140 e. The molecule has 0 aliphatic carbocycles. The van der Waals surface area contributed by atoms with Crippen molar-refractivity contribution >= 4 is 56.2 Å². The Morgan fingerprint density at radius 3 is 2.79 bits per heavy atom. The first-order chi connectivity index (χ1) is 8.99. The molecule has 0 aliphatic heterocycles. The molecule has 0 radical (unpaired) electrons. The van der Waals surface area contributed by atoms with Gasteiger partial charge in [0, 0.05) is 16.4 Å². The summed E-state index contributed by atoms with van der Waals surface area (Å²) < 4.78 is 0.839. The maximum absolute atomic E-state index is 6.06. The van der Waals surface area contributed by atoms with Crippen LogP contribution < -0.4 is 11.1 Å². The van der Waals surface area contributed by atoms with Crippen molar-refractivity contribution in [1.82, 2.24) is 4.98 Å². The third-order valence-electron chi connectivity index (χ3n) is 2.59. The summed E-state index contributed by atoms with van der Waals surface area (Å²) in [6.45, 7) is 1.94. The minimum absolute atomic E-state index is 0.316. The van der Waals surface area contributed by atoms with Gasteiger partial charge in [0.25, 0.3) is 0 Å². The van der Waals surface area contributed by atoms with Crippen molar-refractivity contribution in [2.75, 3.05) is 5.32 Å². The Hall–Kier alpha value is -1.17. The number of hydrogen-bond acceptors (Lipinski definition) is 3. The molecule has 1 heterocycles. The summed E-state index contributed by atoms with van der Waals surface area (Å²) in [7, 11) is 0. The molecule has 0 saturated heterocycles. The number of anilines is 2. The number of thiocarbonyl (C=S) groups is 1. The fourth-order valence-corrected chi connectivity index (χ4v) is 2.36. The third-order valence-corrected chi connectivity index (χ3v) is 4.02. The molecule has 19 heavy (non-hydrogen) atoms. The molecule has 0 saturated carbocycles. The fraction of sp³-hybridized carbons (Fsp3) is 0.0769. The largest absolute Gasteiger partial charge is 0.389 e. The standard InChI is InChI=1S/C13H11BrClN3S/c1-7-4-5-17-13(11(7)12(16)19)18-8-2-3-9(14)10(15)6-8/h2-6H,1H3,(H2,16,19)(H,17,18). The summed E-state index contributed by atoms with van der Waals surface area (Å²) in [5.74, 6) is 0.630. The molecule has 0 spiro atoms. The van der Waals surface area contributed by atoms with Gasteiger partial charge in [-0.1, -0.05) is 23.8 Å². The molecule has 98 valence electrons. The van der Waals surface area contributed by atoms with E-state index in [1.165, 1.54) is 0 Å². The highest BCUT2D eigenvalue weighted by Crippen LogP contribution is 2.28. The first-order valence-corrected chi connectivity index (χ1v) is 7.04. The van der Waals surface area contributed by atoms with E-state index in [1.54, 1.807) is 12.3 Å². The quantitative estimate of drug-likeness (QED) is 0.810. The molecule has 3 nitrogen and oxygen atoms in total. The Morgan fingerprint density at radius 2 is 2.16 bits per heavy atom. The molecule has 0 fully saturated rings. The molecule has 3 N–H and O–H groups in total. The number of nitrogens with zero attached hydrogens (tertiary/aromatic N) is 1. The van der Waals surface area contributed by atoms with Crippen LogP contribution in [0.4, 0.5) is 11.5 Å². The van der Waals surface area contributed by atoms with Crippen molar-refractivity contribution in [2.45, 2.75) is 6.92 Å². The monoisotopic (exact) mass is 355 g/mol. The van der Waals surface area contributed by atoms with Crippen LogP contribution in [0.15, 0.2) is 34.9 Å². The number of nitrogens with one attached hydrogen (secondary N) is 1. The van der Waals surface area contributed by atoms with Crippen molar-refractivity contribution in [1.29, 1.82) is 0 Å². The first kappa shape index (κ1) is 14.2. The Balaban J connectivity index is 2.40. The van der Waals surface area contributed by atoms with Crippen molar-refractivity contribution in [3.8, 4) is 0 Å². The normalized spacial score (nSPS) is 10.3. The highest BCUT2D eigenvalue weighted by Gasteiger charge is 2.10. The Labute approximate surface area is 130 Å². The van der Waals surface area contributed by atoms with Crippen LogP contribution in [0.25, 0.3) is 0 Å². The van der Waals surface area contributed by atoms with Crippen LogP contribution >= 0.6 is 39.7 Å². The number of pyridine rings is 1. The van der Waals surface area contributed by atoms with Crippen LogP contribution in [0.3, 0.4) is 0 Å². The number of aromatic nitrogens is 1. The van der Waals surface area contributed by atoms with Crippen molar-refractivity contribution in [3.05, 3.63) is 51.1 Å². The van der Waals surface area contributed by atoms with Crippen LogP contribution in [-0.4, -0.2) is 9.97 Å². The van der Waals surface area contributed by atoms with Crippen LogP contribution in [0.5, 0.6) is 0 Å². The van der Waals surface area contributed by atoms with Crippen LogP contribution in [0.2, 0.25) is 5.02 Å². The molecule has 0 bridgehead atoms. The molecular weight excluding hydrogens is 346 g/mol. The molecule has 6 heteroatoms. The van der Waals surface area contributed by atoms with Crippen LogP contribution in [0, 0.1) is 6.92 Å². The summed E-state index contributed by atoms with van der Waals surface area (Å²) >= 11 is 14.5. The molecule has 1 aromatic carbocycles. The first-order valence-electron chi connectivity index (χ1n) is 5.46.